The van der Waals surface area contributed by atoms with Crippen molar-refractivity contribution in [1.82, 2.24) is 9.55 Å². The van der Waals surface area contributed by atoms with Crippen molar-refractivity contribution < 1.29 is 14.3 Å². The molecule has 4 nitrogen and oxygen atoms in total. The molecule has 2 aromatic heterocycles. The molecule has 0 aliphatic rings. The highest BCUT2D eigenvalue weighted by Crippen LogP contribution is 2.24. The van der Waals surface area contributed by atoms with Crippen LogP contribution in [0, 0.1) is 5.95 Å². The largest absolute Gasteiger partial charge is 0.478 e. The maximum atomic E-state index is 14.8. The van der Waals surface area contributed by atoms with Gasteiger partial charge in [0.15, 0.2) is 0 Å². The van der Waals surface area contributed by atoms with Gasteiger partial charge in [-0.1, -0.05) is 49.2 Å². The lowest BCUT2D eigenvalue weighted by Gasteiger charge is -2.12. The normalized spacial score (nSPS) is 11.8. The molecule has 0 unspecified atom stereocenters. The van der Waals surface area contributed by atoms with Crippen molar-refractivity contribution in [2.24, 2.45) is 0 Å². The number of carboxylic acid groups (broad SMARTS) is 1. The summed E-state index contributed by atoms with van der Waals surface area (Å²) in [5.41, 5.74) is 1.12. The summed E-state index contributed by atoms with van der Waals surface area (Å²) in [7, 11) is 0. The van der Waals surface area contributed by atoms with E-state index < -0.39 is 11.9 Å². The first-order valence-electron chi connectivity index (χ1n) is 9.44. The first-order chi connectivity index (χ1) is 14.0. The second-order valence-corrected chi connectivity index (χ2v) is 8.16. The summed E-state index contributed by atoms with van der Waals surface area (Å²) in [6.45, 7) is 2.38. The summed E-state index contributed by atoms with van der Waals surface area (Å²) >= 11 is 7.78. The zero-order valence-corrected chi connectivity index (χ0v) is 17.6. The lowest BCUT2D eigenvalue weighted by atomic mass is 10.1. The van der Waals surface area contributed by atoms with Gasteiger partial charge >= 0.3 is 5.97 Å². The Bertz CT molecular complexity index is 1010. The second-order valence-electron chi connectivity index (χ2n) is 6.72. The first-order valence-corrected chi connectivity index (χ1v) is 10.7. The van der Waals surface area contributed by atoms with E-state index >= 15 is 0 Å². The molecule has 152 valence electrons. The van der Waals surface area contributed by atoms with Gasteiger partial charge in [0, 0.05) is 28.3 Å². The van der Waals surface area contributed by atoms with Crippen LogP contribution in [0.5, 0.6) is 0 Å². The number of aromatic nitrogens is 2. The molecule has 1 aromatic carbocycles. The number of aliphatic carboxylic acids is 1. The molecule has 0 saturated carbocycles. The van der Waals surface area contributed by atoms with Crippen LogP contribution in [0.3, 0.4) is 0 Å². The molecule has 0 bridgehead atoms. The summed E-state index contributed by atoms with van der Waals surface area (Å²) in [4.78, 5) is 16.8. The van der Waals surface area contributed by atoms with E-state index in [1.54, 1.807) is 10.6 Å². The first kappa shape index (κ1) is 21.3. The molecule has 0 aliphatic carbocycles. The molecule has 1 N–H and O–H groups in total. The van der Waals surface area contributed by atoms with Gasteiger partial charge in [0.2, 0.25) is 5.95 Å². The smallest absolute Gasteiger partial charge is 0.332 e. The quantitative estimate of drug-likeness (QED) is 0.432. The molecule has 3 aromatic rings. The van der Waals surface area contributed by atoms with Gasteiger partial charge in [0.1, 0.15) is 5.82 Å². The number of benzene rings is 1. The predicted molar refractivity (Wildman–Crippen MR) is 115 cm³/mol. The summed E-state index contributed by atoms with van der Waals surface area (Å²) in [5, 5.41) is 12.1. The topological polar surface area (TPSA) is 55.1 Å². The third-order valence-corrected chi connectivity index (χ3v) is 5.86. The molecule has 0 aliphatic heterocycles. The number of imidazole rings is 1. The van der Waals surface area contributed by atoms with Gasteiger partial charge in [-0.3, -0.25) is 0 Å². The van der Waals surface area contributed by atoms with E-state index in [9.17, 15) is 14.3 Å². The molecule has 0 atom stereocenters. The highest BCUT2D eigenvalue weighted by molar-refractivity contribution is 7.09. The fourth-order valence-corrected chi connectivity index (χ4v) is 4.00. The zero-order valence-electron chi connectivity index (χ0n) is 16.1. The van der Waals surface area contributed by atoms with Crippen LogP contribution in [-0.4, -0.2) is 20.6 Å². The number of hydrogen-bond donors (Lipinski definition) is 1. The Morgan fingerprint density at radius 3 is 2.76 bits per heavy atom. The number of aryl methyl sites for hydroxylation is 1. The Balaban J connectivity index is 2.05. The van der Waals surface area contributed by atoms with E-state index in [1.165, 1.54) is 17.4 Å². The van der Waals surface area contributed by atoms with Gasteiger partial charge in [-0.25, -0.2) is 9.78 Å². The molecule has 3 rings (SSSR count). The number of carbonyl (C=O) groups is 1. The molecule has 0 fully saturated rings. The lowest BCUT2D eigenvalue weighted by molar-refractivity contribution is -0.132. The van der Waals surface area contributed by atoms with Crippen LogP contribution in [0.2, 0.25) is 5.02 Å². The fourth-order valence-electron chi connectivity index (χ4n) is 3.07. The minimum Gasteiger partial charge on any atom is -0.478 e. The zero-order chi connectivity index (χ0) is 20.8. The maximum Gasteiger partial charge on any atom is 0.332 e. The third kappa shape index (κ3) is 5.34. The van der Waals surface area contributed by atoms with E-state index in [0.717, 1.165) is 23.3 Å². The van der Waals surface area contributed by atoms with Gasteiger partial charge in [0.05, 0.1) is 12.2 Å². The van der Waals surface area contributed by atoms with Crippen molar-refractivity contribution in [2.45, 2.75) is 39.2 Å². The minimum absolute atomic E-state index is 0.119. The van der Waals surface area contributed by atoms with Gasteiger partial charge in [-0.15, -0.1) is 11.3 Å². The lowest BCUT2D eigenvalue weighted by Crippen LogP contribution is -2.10. The van der Waals surface area contributed by atoms with Crippen LogP contribution in [-0.2, 0) is 24.2 Å². The number of thiophene rings is 1. The Kier molecular flexibility index (Phi) is 7.23. The number of rotatable bonds is 9. The van der Waals surface area contributed by atoms with Crippen LogP contribution in [0.1, 0.15) is 41.7 Å². The standard InChI is InChI=1S/C22H22ClFN2O2S/c1-2-3-10-20-25-21(24)19(26(20)14-15-7-4-5-9-18(15)23)13-16(22(27)28)12-17-8-6-11-29-17/h4-9,11,13H,2-3,10,12,14H2,1H3,(H,27,28)/b16-13+. The second kappa shape index (κ2) is 9.85. The van der Waals surface area contributed by atoms with Crippen LogP contribution in [0.25, 0.3) is 6.08 Å². The fraction of sp³-hybridized carbons (Fsp3) is 0.273. The number of carboxylic acids is 1. The average Bonchev–Trinajstić information content (AvgIpc) is 3.30. The molecule has 7 heteroatoms. The highest BCUT2D eigenvalue weighted by Gasteiger charge is 2.19. The van der Waals surface area contributed by atoms with Crippen molar-refractivity contribution in [1.29, 1.82) is 0 Å². The Morgan fingerprint density at radius 1 is 1.31 bits per heavy atom. The summed E-state index contributed by atoms with van der Waals surface area (Å²) in [5.74, 6) is -1.14. The molecule has 2 heterocycles. The van der Waals surface area contributed by atoms with E-state index in [0.29, 0.717) is 23.8 Å². The number of halogens is 2. The van der Waals surface area contributed by atoms with Crippen LogP contribution in [0.4, 0.5) is 4.39 Å². The Labute approximate surface area is 178 Å². The molecule has 0 saturated heterocycles. The third-order valence-electron chi connectivity index (χ3n) is 4.61. The Hall–Kier alpha value is -2.44. The Morgan fingerprint density at radius 2 is 2.10 bits per heavy atom. The summed E-state index contributed by atoms with van der Waals surface area (Å²) in [6.07, 6.45) is 4.05. The molecular weight excluding hydrogens is 411 g/mol. The van der Waals surface area contributed by atoms with Gasteiger partial charge in [-0.05, 0) is 35.6 Å². The summed E-state index contributed by atoms with van der Waals surface area (Å²) in [6, 6.07) is 11.1. The van der Waals surface area contributed by atoms with Crippen molar-refractivity contribution in [3.63, 3.8) is 0 Å². The molecular formula is C22H22ClFN2O2S. The monoisotopic (exact) mass is 432 g/mol. The average molecular weight is 433 g/mol. The van der Waals surface area contributed by atoms with E-state index in [-0.39, 0.29) is 17.7 Å². The van der Waals surface area contributed by atoms with Crippen LogP contribution >= 0.6 is 22.9 Å². The summed E-state index contributed by atoms with van der Waals surface area (Å²) < 4.78 is 16.5. The van der Waals surface area contributed by atoms with Gasteiger partial charge < -0.3 is 9.67 Å². The number of hydrogen-bond acceptors (Lipinski definition) is 3. The molecule has 29 heavy (non-hydrogen) atoms. The van der Waals surface area contributed by atoms with E-state index in [4.69, 9.17) is 11.6 Å². The predicted octanol–water partition coefficient (Wildman–Crippen LogP) is 5.84. The number of nitrogens with zero attached hydrogens (tertiary/aromatic N) is 2. The SMILES string of the molecule is CCCCc1nc(F)c(/C=C(\Cc2cccs2)C(=O)O)n1Cc1ccccc1Cl. The van der Waals surface area contributed by atoms with Crippen molar-refractivity contribution in [3.05, 3.63) is 80.3 Å². The van der Waals surface area contributed by atoms with E-state index in [1.807, 2.05) is 35.7 Å². The molecule has 0 spiro atoms. The minimum atomic E-state index is -1.07. The molecule has 0 radical (unpaired) electrons. The maximum absolute atomic E-state index is 14.8. The number of unbranched alkanes of at least 4 members (excludes halogenated alkanes) is 1. The van der Waals surface area contributed by atoms with Gasteiger partial charge in [0.25, 0.3) is 0 Å². The van der Waals surface area contributed by atoms with Crippen LogP contribution < -0.4 is 0 Å². The molecule has 0 amide bonds. The van der Waals surface area contributed by atoms with E-state index in [2.05, 4.69) is 11.9 Å². The highest BCUT2D eigenvalue weighted by atomic mass is 35.5. The van der Waals surface area contributed by atoms with Gasteiger partial charge in [-0.2, -0.15) is 4.39 Å². The van der Waals surface area contributed by atoms with Crippen molar-refractivity contribution >= 4 is 35.0 Å². The van der Waals surface area contributed by atoms with Crippen molar-refractivity contribution in [2.75, 3.05) is 0 Å². The van der Waals surface area contributed by atoms with Crippen molar-refractivity contribution in [3.8, 4) is 0 Å². The van der Waals surface area contributed by atoms with Crippen LogP contribution in [0.15, 0.2) is 47.4 Å².